The Bertz CT molecular complexity index is 1310. The zero-order valence-corrected chi connectivity index (χ0v) is 19.8. The molecule has 0 fully saturated rings. The van der Waals surface area contributed by atoms with Gasteiger partial charge in [0.1, 0.15) is 5.76 Å². The number of carbonyl (C=O) groups excluding carboxylic acids is 1. The van der Waals surface area contributed by atoms with E-state index in [4.69, 9.17) is 4.42 Å². The fraction of sp³-hybridized carbons (Fsp3) is 0.107. The van der Waals surface area contributed by atoms with E-state index in [1.54, 1.807) is 6.26 Å². The van der Waals surface area contributed by atoms with Gasteiger partial charge in [-0.1, -0.05) is 103 Å². The average molecular weight is 481 g/mol. The average Bonchev–Trinajstić information content (AvgIpc) is 3.58. The van der Waals surface area contributed by atoms with E-state index in [0.29, 0.717) is 11.7 Å². The van der Waals surface area contributed by atoms with Gasteiger partial charge in [-0.25, -0.2) is 0 Å². The van der Waals surface area contributed by atoms with E-state index in [-0.39, 0.29) is 17.7 Å². The summed E-state index contributed by atoms with van der Waals surface area (Å²) in [5, 5.41) is 12.7. The third kappa shape index (κ3) is 5.53. The van der Waals surface area contributed by atoms with Crippen LogP contribution >= 0.6 is 11.8 Å². The minimum atomic E-state index is -0.230. The van der Waals surface area contributed by atoms with Gasteiger partial charge in [0.2, 0.25) is 5.91 Å². The molecule has 6 nitrogen and oxygen atoms in total. The van der Waals surface area contributed by atoms with E-state index < -0.39 is 0 Å². The summed E-state index contributed by atoms with van der Waals surface area (Å²) in [4.78, 5) is 13.1. The van der Waals surface area contributed by atoms with E-state index in [0.717, 1.165) is 28.3 Å². The summed E-state index contributed by atoms with van der Waals surface area (Å²) >= 11 is 1.36. The highest BCUT2D eigenvalue weighted by atomic mass is 32.2. The molecule has 5 rings (SSSR count). The van der Waals surface area contributed by atoms with Crippen molar-refractivity contribution in [2.24, 2.45) is 0 Å². The van der Waals surface area contributed by atoms with Gasteiger partial charge in [-0.3, -0.25) is 9.36 Å². The molecule has 0 saturated heterocycles. The highest BCUT2D eigenvalue weighted by Crippen LogP contribution is 2.26. The van der Waals surface area contributed by atoms with Crippen LogP contribution in [0.2, 0.25) is 0 Å². The summed E-state index contributed by atoms with van der Waals surface area (Å²) in [6.45, 7) is 0.477. The number of nitrogens with zero attached hydrogens (tertiary/aromatic N) is 3. The summed E-state index contributed by atoms with van der Waals surface area (Å²) in [6, 6.07) is 33.4. The second-order valence-corrected chi connectivity index (χ2v) is 8.89. The summed E-state index contributed by atoms with van der Waals surface area (Å²) in [5.41, 5.74) is 3.02. The summed E-state index contributed by atoms with van der Waals surface area (Å²) < 4.78 is 7.55. The van der Waals surface area contributed by atoms with Crippen LogP contribution in [0.15, 0.2) is 119 Å². The number of thioether (sulfide) groups is 1. The molecule has 0 unspecified atom stereocenters. The smallest absolute Gasteiger partial charge is 0.231 e. The van der Waals surface area contributed by atoms with Gasteiger partial charge in [-0.15, -0.1) is 10.2 Å². The van der Waals surface area contributed by atoms with E-state index in [2.05, 4.69) is 15.5 Å². The molecule has 2 aromatic heterocycles. The van der Waals surface area contributed by atoms with Crippen LogP contribution in [0.4, 0.5) is 0 Å². The van der Waals surface area contributed by atoms with Crippen molar-refractivity contribution in [3.63, 3.8) is 0 Å². The van der Waals surface area contributed by atoms with Crippen molar-refractivity contribution in [2.75, 3.05) is 5.75 Å². The first-order valence-corrected chi connectivity index (χ1v) is 12.3. The number of rotatable bonds is 9. The quantitative estimate of drug-likeness (QED) is 0.279. The number of aromatic nitrogens is 3. The number of nitrogens with one attached hydrogen (secondary N) is 1. The SMILES string of the molecule is O=C(CSc1nnc(-c2ccccc2)n1Cc1ccco1)NC(c1ccccc1)c1ccccc1. The molecule has 3 aromatic carbocycles. The van der Waals surface area contributed by atoms with Crippen molar-refractivity contribution >= 4 is 17.7 Å². The van der Waals surface area contributed by atoms with E-state index >= 15 is 0 Å². The minimum absolute atomic E-state index is 0.0819. The lowest BCUT2D eigenvalue weighted by molar-refractivity contribution is -0.119. The molecular formula is C28H24N4O2S. The number of benzene rings is 3. The highest BCUT2D eigenvalue weighted by Gasteiger charge is 2.20. The lowest BCUT2D eigenvalue weighted by atomic mass is 9.99. The molecule has 0 aliphatic rings. The Hall–Kier alpha value is -4.10. The molecule has 1 N–H and O–H groups in total. The second kappa shape index (κ2) is 10.9. The van der Waals surface area contributed by atoms with Crippen LogP contribution in [0.5, 0.6) is 0 Å². The summed E-state index contributed by atoms with van der Waals surface area (Å²) in [7, 11) is 0. The van der Waals surface area contributed by atoms with Gasteiger partial charge in [0.15, 0.2) is 11.0 Å². The standard InChI is InChI=1S/C28H24N4O2S/c33-25(29-26(21-11-4-1-5-12-21)22-13-6-2-7-14-22)20-35-28-31-30-27(23-15-8-3-9-16-23)32(28)19-24-17-10-18-34-24/h1-18,26H,19-20H2,(H,29,33). The Kier molecular flexibility index (Phi) is 7.05. The lowest BCUT2D eigenvalue weighted by Gasteiger charge is -2.20. The second-order valence-electron chi connectivity index (χ2n) is 7.95. The van der Waals surface area contributed by atoms with Gasteiger partial charge in [-0.2, -0.15) is 0 Å². The third-order valence-corrected chi connectivity index (χ3v) is 6.51. The van der Waals surface area contributed by atoms with Crippen LogP contribution < -0.4 is 5.32 Å². The number of furan rings is 1. The van der Waals surface area contributed by atoms with Gasteiger partial charge >= 0.3 is 0 Å². The van der Waals surface area contributed by atoms with Gasteiger partial charge in [0.05, 0.1) is 24.6 Å². The Morgan fingerprint density at radius 3 is 2.06 bits per heavy atom. The van der Waals surface area contributed by atoms with Crippen molar-refractivity contribution in [3.05, 3.63) is 126 Å². The molecular weight excluding hydrogens is 456 g/mol. The third-order valence-electron chi connectivity index (χ3n) is 5.55. The number of amides is 1. The van der Waals surface area contributed by atoms with E-state index in [1.165, 1.54) is 11.8 Å². The molecule has 35 heavy (non-hydrogen) atoms. The molecule has 174 valence electrons. The Labute approximate surface area is 208 Å². The van der Waals surface area contributed by atoms with Crippen LogP contribution in [0.1, 0.15) is 22.9 Å². The lowest BCUT2D eigenvalue weighted by Crippen LogP contribution is -2.30. The van der Waals surface area contributed by atoms with E-state index in [9.17, 15) is 4.79 Å². The molecule has 0 saturated carbocycles. The van der Waals surface area contributed by atoms with Crippen molar-refractivity contribution < 1.29 is 9.21 Å². The predicted molar refractivity (Wildman–Crippen MR) is 137 cm³/mol. The molecule has 0 radical (unpaired) electrons. The Morgan fingerprint density at radius 1 is 0.829 bits per heavy atom. The first kappa shape index (κ1) is 22.7. The number of hydrogen-bond donors (Lipinski definition) is 1. The van der Waals surface area contributed by atoms with Gasteiger partial charge in [-0.05, 0) is 23.3 Å². The highest BCUT2D eigenvalue weighted by molar-refractivity contribution is 7.99. The van der Waals surface area contributed by atoms with Crippen molar-refractivity contribution in [1.82, 2.24) is 20.1 Å². The monoisotopic (exact) mass is 480 g/mol. The fourth-order valence-electron chi connectivity index (χ4n) is 3.88. The normalized spacial score (nSPS) is 11.0. The van der Waals surface area contributed by atoms with Crippen molar-refractivity contribution in [3.8, 4) is 11.4 Å². The van der Waals surface area contributed by atoms with Crippen molar-refractivity contribution in [2.45, 2.75) is 17.7 Å². The molecule has 7 heteroatoms. The van der Waals surface area contributed by atoms with Crippen LogP contribution in [0.3, 0.4) is 0 Å². The maximum atomic E-state index is 13.1. The maximum absolute atomic E-state index is 13.1. The zero-order valence-electron chi connectivity index (χ0n) is 19.0. The predicted octanol–water partition coefficient (Wildman–Crippen LogP) is 5.58. The van der Waals surface area contributed by atoms with Gasteiger partial charge in [0, 0.05) is 5.56 Å². The largest absolute Gasteiger partial charge is 0.467 e. The summed E-state index contributed by atoms with van der Waals surface area (Å²) in [5.74, 6) is 1.65. The molecule has 5 aromatic rings. The van der Waals surface area contributed by atoms with Crippen LogP contribution in [-0.2, 0) is 11.3 Å². The Balaban J connectivity index is 1.35. The first-order chi connectivity index (χ1) is 17.3. The molecule has 0 aliphatic carbocycles. The number of carbonyl (C=O) groups is 1. The van der Waals surface area contributed by atoms with Crippen LogP contribution in [0, 0.1) is 0 Å². The molecule has 1 amide bonds. The molecule has 2 heterocycles. The first-order valence-electron chi connectivity index (χ1n) is 11.3. The summed E-state index contributed by atoms with van der Waals surface area (Å²) in [6.07, 6.45) is 1.65. The van der Waals surface area contributed by atoms with Crippen LogP contribution in [0.25, 0.3) is 11.4 Å². The van der Waals surface area contributed by atoms with Crippen molar-refractivity contribution in [1.29, 1.82) is 0 Å². The van der Waals surface area contributed by atoms with Gasteiger partial charge < -0.3 is 9.73 Å². The molecule has 0 aliphatic heterocycles. The van der Waals surface area contributed by atoms with Gasteiger partial charge in [0.25, 0.3) is 0 Å². The zero-order chi connectivity index (χ0) is 23.9. The topological polar surface area (TPSA) is 73.0 Å². The van der Waals surface area contributed by atoms with Crippen LogP contribution in [-0.4, -0.2) is 26.4 Å². The minimum Gasteiger partial charge on any atom is -0.467 e. The molecule has 0 bridgehead atoms. The fourth-order valence-corrected chi connectivity index (χ4v) is 4.63. The molecule has 0 atom stereocenters. The number of hydrogen-bond acceptors (Lipinski definition) is 5. The van der Waals surface area contributed by atoms with E-state index in [1.807, 2.05) is 108 Å². The Morgan fingerprint density at radius 2 is 1.46 bits per heavy atom. The maximum Gasteiger partial charge on any atom is 0.231 e. The molecule has 0 spiro atoms.